The van der Waals surface area contributed by atoms with E-state index in [1.807, 2.05) is 0 Å². The highest BCUT2D eigenvalue weighted by Gasteiger charge is 2.20. The molecule has 116 valence electrons. The standard InChI is InChI=1S/C18H23N3O/c19-18(22)20-11-14-5-4-10-21(12-14)13-16-8-3-7-15-6-1-2-9-17(15)16/h1-3,6-9,14H,4-5,10-13H2,(H3,19,20,22)/t14-/m1/s1. The molecule has 1 fully saturated rings. The topological polar surface area (TPSA) is 58.4 Å². The molecule has 3 N–H and O–H groups in total. The number of benzene rings is 2. The van der Waals surface area contributed by atoms with Gasteiger partial charge < -0.3 is 11.1 Å². The van der Waals surface area contributed by atoms with Crippen molar-refractivity contribution in [2.24, 2.45) is 11.7 Å². The van der Waals surface area contributed by atoms with Crippen LogP contribution in [0.3, 0.4) is 0 Å². The second-order valence-corrected chi connectivity index (χ2v) is 6.13. The minimum atomic E-state index is -0.425. The van der Waals surface area contributed by atoms with E-state index in [-0.39, 0.29) is 0 Å². The highest BCUT2D eigenvalue weighted by Crippen LogP contribution is 2.23. The van der Waals surface area contributed by atoms with Crippen LogP contribution < -0.4 is 11.1 Å². The van der Waals surface area contributed by atoms with E-state index in [1.165, 1.54) is 22.8 Å². The Morgan fingerprint density at radius 2 is 2.05 bits per heavy atom. The summed E-state index contributed by atoms with van der Waals surface area (Å²) in [5, 5.41) is 5.37. The van der Waals surface area contributed by atoms with Gasteiger partial charge in [-0.2, -0.15) is 0 Å². The molecule has 22 heavy (non-hydrogen) atoms. The molecular weight excluding hydrogens is 274 g/mol. The number of nitrogens with two attached hydrogens (primary N) is 1. The number of hydrogen-bond donors (Lipinski definition) is 2. The fourth-order valence-electron chi connectivity index (χ4n) is 3.38. The van der Waals surface area contributed by atoms with Crippen molar-refractivity contribution >= 4 is 16.8 Å². The zero-order valence-electron chi connectivity index (χ0n) is 12.8. The van der Waals surface area contributed by atoms with Gasteiger partial charge in [-0.15, -0.1) is 0 Å². The molecule has 0 unspecified atom stereocenters. The Bertz CT molecular complexity index is 650. The Morgan fingerprint density at radius 3 is 2.91 bits per heavy atom. The Balaban J connectivity index is 1.68. The molecule has 1 aliphatic heterocycles. The third-order valence-electron chi connectivity index (χ3n) is 4.44. The number of rotatable bonds is 4. The van der Waals surface area contributed by atoms with Crippen molar-refractivity contribution in [2.75, 3.05) is 19.6 Å². The molecule has 1 saturated heterocycles. The molecule has 2 aromatic rings. The lowest BCUT2D eigenvalue weighted by Gasteiger charge is -2.33. The maximum absolute atomic E-state index is 10.9. The van der Waals surface area contributed by atoms with E-state index in [0.29, 0.717) is 12.5 Å². The lowest BCUT2D eigenvalue weighted by atomic mass is 9.96. The number of nitrogens with zero attached hydrogens (tertiary/aromatic N) is 1. The number of carbonyl (C=O) groups excluding carboxylic acids is 1. The van der Waals surface area contributed by atoms with Crippen molar-refractivity contribution in [3.05, 3.63) is 48.0 Å². The number of hydrogen-bond acceptors (Lipinski definition) is 2. The normalized spacial score (nSPS) is 19.2. The van der Waals surface area contributed by atoms with Gasteiger partial charge >= 0.3 is 6.03 Å². The summed E-state index contributed by atoms with van der Waals surface area (Å²) in [6.07, 6.45) is 2.34. The van der Waals surface area contributed by atoms with Crippen LogP contribution in [-0.4, -0.2) is 30.6 Å². The van der Waals surface area contributed by atoms with E-state index in [1.54, 1.807) is 0 Å². The minimum Gasteiger partial charge on any atom is -0.352 e. The van der Waals surface area contributed by atoms with E-state index in [2.05, 4.69) is 52.7 Å². The quantitative estimate of drug-likeness (QED) is 0.911. The fourth-order valence-corrected chi connectivity index (χ4v) is 3.38. The third-order valence-corrected chi connectivity index (χ3v) is 4.44. The summed E-state index contributed by atoms with van der Waals surface area (Å²) in [4.78, 5) is 13.3. The van der Waals surface area contributed by atoms with Gasteiger partial charge in [0, 0.05) is 19.6 Å². The first-order chi connectivity index (χ1) is 10.7. The van der Waals surface area contributed by atoms with Gasteiger partial charge in [0.25, 0.3) is 0 Å². The van der Waals surface area contributed by atoms with Crippen molar-refractivity contribution in [3.8, 4) is 0 Å². The summed E-state index contributed by atoms with van der Waals surface area (Å²) < 4.78 is 0. The van der Waals surface area contributed by atoms with Crippen LogP contribution in [0.25, 0.3) is 10.8 Å². The first-order valence-electron chi connectivity index (χ1n) is 7.94. The maximum atomic E-state index is 10.9. The average Bonchev–Trinajstić information content (AvgIpc) is 2.54. The largest absolute Gasteiger partial charge is 0.352 e. The van der Waals surface area contributed by atoms with Crippen LogP contribution in [0.5, 0.6) is 0 Å². The zero-order valence-corrected chi connectivity index (χ0v) is 12.8. The van der Waals surface area contributed by atoms with Crippen LogP contribution in [0.15, 0.2) is 42.5 Å². The summed E-state index contributed by atoms with van der Waals surface area (Å²) in [5.41, 5.74) is 6.54. The number of urea groups is 1. The second-order valence-electron chi connectivity index (χ2n) is 6.13. The van der Waals surface area contributed by atoms with Crippen molar-refractivity contribution in [1.82, 2.24) is 10.2 Å². The number of amides is 2. The van der Waals surface area contributed by atoms with Crippen LogP contribution in [0, 0.1) is 5.92 Å². The molecule has 0 bridgehead atoms. The molecule has 4 nitrogen and oxygen atoms in total. The molecule has 0 saturated carbocycles. The number of carbonyl (C=O) groups is 1. The van der Waals surface area contributed by atoms with Crippen molar-refractivity contribution in [3.63, 3.8) is 0 Å². The molecule has 0 radical (unpaired) electrons. The highest BCUT2D eigenvalue weighted by molar-refractivity contribution is 5.85. The lowest BCUT2D eigenvalue weighted by Crippen LogP contribution is -2.41. The summed E-state index contributed by atoms with van der Waals surface area (Å²) in [6.45, 7) is 3.79. The Hall–Kier alpha value is -2.07. The van der Waals surface area contributed by atoms with Gasteiger partial charge in [0.2, 0.25) is 0 Å². The number of piperidine rings is 1. The number of fused-ring (bicyclic) bond motifs is 1. The van der Waals surface area contributed by atoms with Gasteiger partial charge in [-0.05, 0) is 41.6 Å². The van der Waals surface area contributed by atoms with E-state index >= 15 is 0 Å². The van der Waals surface area contributed by atoms with Crippen molar-refractivity contribution in [1.29, 1.82) is 0 Å². The fraction of sp³-hybridized carbons (Fsp3) is 0.389. The summed E-state index contributed by atoms with van der Waals surface area (Å²) in [5.74, 6) is 0.497. The molecular formula is C18H23N3O. The SMILES string of the molecule is NC(=O)NC[C@H]1CCCN(Cc2cccc3ccccc23)C1. The first kappa shape index (κ1) is 14.9. The molecule has 1 atom stereocenters. The maximum Gasteiger partial charge on any atom is 0.312 e. The van der Waals surface area contributed by atoms with Crippen molar-refractivity contribution in [2.45, 2.75) is 19.4 Å². The van der Waals surface area contributed by atoms with Crippen LogP contribution in [0.4, 0.5) is 4.79 Å². The molecule has 1 aliphatic rings. The molecule has 0 aromatic heterocycles. The number of likely N-dealkylation sites (tertiary alicyclic amines) is 1. The molecule has 2 aromatic carbocycles. The van der Waals surface area contributed by atoms with Crippen molar-refractivity contribution < 1.29 is 4.79 Å². The molecule has 0 spiro atoms. The molecule has 2 amide bonds. The molecule has 0 aliphatic carbocycles. The smallest absolute Gasteiger partial charge is 0.312 e. The van der Waals surface area contributed by atoms with Gasteiger partial charge in [0.1, 0.15) is 0 Å². The van der Waals surface area contributed by atoms with Gasteiger partial charge in [0.15, 0.2) is 0 Å². The van der Waals surface area contributed by atoms with E-state index in [0.717, 1.165) is 26.1 Å². The predicted octanol–water partition coefficient (Wildman–Crippen LogP) is 2.72. The number of nitrogens with one attached hydrogen (secondary N) is 1. The molecule has 1 heterocycles. The summed E-state index contributed by atoms with van der Waals surface area (Å²) >= 11 is 0. The Labute approximate surface area is 131 Å². The van der Waals surface area contributed by atoms with Crippen LogP contribution in [0.2, 0.25) is 0 Å². The average molecular weight is 297 g/mol. The summed E-state index contributed by atoms with van der Waals surface area (Å²) in [7, 11) is 0. The van der Waals surface area contributed by atoms with E-state index in [9.17, 15) is 4.79 Å². The van der Waals surface area contributed by atoms with Crippen LogP contribution in [0.1, 0.15) is 18.4 Å². The third kappa shape index (κ3) is 3.57. The first-order valence-corrected chi connectivity index (χ1v) is 7.94. The predicted molar refractivity (Wildman–Crippen MR) is 89.5 cm³/mol. The van der Waals surface area contributed by atoms with Gasteiger partial charge in [-0.1, -0.05) is 42.5 Å². The van der Waals surface area contributed by atoms with Crippen LogP contribution >= 0.6 is 0 Å². The minimum absolute atomic E-state index is 0.425. The monoisotopic (exact) mass is 297 g/mol. The summed E-state index contributed by atoms with van der Waals surface area (Å²) in [6, 6.07) is 14.6. The van der Waals surface area contributed by atoms with Gasteiger partial charge in [-0.3, -0.25) is 4.90 Å². The van der Waals surface area contributed by atoms with Gasteiger partial charge in [0.05, 0.1) is 0 Å². The Morgan fingerprint density at radius 1 is 1.23 bits per heavy atom. The number of primary amides is 1. The van der Waals surface area contributed by atoms with Gasteiger partial charge in [-0.25, -0.2) is 4.79 Å². The molecule has 4 heteroatoms. The second kappa shape index (κ2) is 6.79. The van der Waals surface area contributed by atoms with E-state index in [4.69, 9.17) is 5.73 Å². The van der Waals surface area contributed by atoms with E-state index < -0.39 is 6.03 Å². The van der Waals surface area contributed by atoms with Crippen LogP contribution in [-0.2, 0) is 6.54 Å². The lowest BCUT2D eigenvalue weighted by molar-refractivity contribution is 0.166. The highest BCUT2D eigenvalue weighted by atomic mass is 16.2. The Kier molecular flexibility index (Phi) is 4.59. The molecule has 3 rings (SSSR count). The zero-order chi connectivity index (χ0) is 15.4.